The van der Waals surface area contributed by atoms with E-state index >= 15 is 0 Å². The number of anilines is 3. The lowest BCUT2D eigenvalue weighted by molar-refractivity contribution is 0.507. The van der Waals surface area contributed by atoms with Gasteiger partial charge in [0.2, 0.25) is 0 Å². The lowest BCUT2D eigenvalue weighted by atomic mass is 9.70. The predicted octanol–water partition coefficient (Wildman–Crippen LogP) is 16.3. The molecule has 0 fully saturated rings. The van der Waals surface area contributed by atoms with Crippen LogP contribution in [0.1, 0.15) is 44.7 Å². The smallest absolute Gasteiger partial charge is 0.135 e. The monoisotopic (exact) mass is 837 g/mol. The average Bonchev–Trinajstić information content (AvgIpc) is 4.15. The Hall–Kier alpha value is -8.46. The van der Waals surface area contributed by atoms with E-state index in [0.717, 1.165) is 44.9 Å². The second kappa shape index (κ2) is 13.1. The number of fused-ring (bicyclic) bond motifs is 22. The first-order chi connectivity index (χ1) is 32.8. The summed E-state index contributed by atoms with van der Waals surface area (Å²) < 4.78 is 7.29. The fourth-order valence-corrected chi connectivity index (χ4v) is 12.9. The van der Waals surface area contributed by atoms with Gasteiger partial charge in [-0.3, -0.25) is 0 Å². The molecular weight excluding hydrogens is 799 g/mol. The summed E-state index contributed by atoms with van der Waals surface area (Å²) in [6.07, 6.45) is 0. The Morgan fingerprint density at radius 1 is 0.303 bits per heavy atom. The van der Waals surface area contributed by atoms with Gasteiger partial charge >= 0.3 is 0 Å². The number of hydrogen-bond donors (Lipinski definition) is 0. The molecule has 4 aliphatic rings. The van der Waals surface area contributed by atoms with E-state index in [4.69, 9.17) is 4.42 Å². The maximum Gasteiger partial charge on any atom is 0.135 e. The van der Waals surface area contributed by atoms with E-state index in [0.29, 0.717) is 0 Å². The molecule has 0 saturated carbocycles. The molecule has 4 aliphatic carbocycles. The number of hydrogen-bond acceptors (Lipinski definition) is 2. The van der Waals surface area contributed by atoms with Gasteiger partial charge in [-0.25, -0.2) is 0 Å². The Balaban J connectivity index is 1.07. The number of rotatable bonds is 4. The van der Waals surface area contributed by atoms with E-state index in [9.17, 15) is 0 Å². The Bertz CT molecular complexity index is 3740. The molecular formula is C64H39NO. The summed E-state index contributed by atoms with van der Waals surface area (Å²) in [5, 5.41) is 1.12. The highest BCUT2D eigenvalue weighted by Crippen LogP contribution is 2.68. The average molecular weight is 838 g/mol. The van der Waals surface area contributed by atoms with Crippen LogP contribution in [0, 0.1) is 0 Å². The van der Waals surface area contributed by atoms with Gasteiger partial charge in [0.05, 0.1) is 16.8 Å². The van der Waals surface area contributed by atoms with Crippen LogP contribution < -0.4 is 4.90 Å². The minimum absolute atomic E-state index is 0.492. The van der Waals surface area contributed by atoms with Crippen LogP contribution in [0.4, 0.5) is 17.1 Å². The molecule has 0 amide bonds. The zero-order valence-corrected chi connectivity index (χ0v) is 35.9. The van der Waals surface area contributed by atoms with Gasteiger partial charge in [0, 0.05) is 27.8 Å². The van der Waals surface area contributed by atoms with Crippen molar-refractivity contribution in [1.29, 1.82) is 0 Å². The van der Waals surface area contributed by atoms with Crippen molar-refractivity contribution in [3.8, 4) is 55.6 Å². The van der Waals surface area contributed by atoms with Crippen molar-refractivity contribution in [1.82, 2.24) is 0 Å². The zero-order valence-electron chi connectivity index (χ0n) is 35.9. The largest absolute Gasteiger partial charge is 0.459 e. The summed E-state index contributed by atoms with van der Waals surface area (Å²) in [7, 11) is 0. The molecule has 2 nitrogen and oxygen atoms in total. The fourth-order valence-electron chi connectivity index (χ4n) is 12.9. The maximum absolute atomic E-state index is 7.29. The number of furan rings is 1. The summed E-state index contributed by atoms with van der Waals surface area (Å²) in [6.45, 7) is 0. The minimum Gasteiger partial charge on any atom is -0.459 e. The molecule has 11 aromatic rings. The van der Waals surface area contributed by atoms with E-state index in [1.54, 1.807) is 0 Å². The first-order valence-corrected chi connectivity index (χ1v) is 23.0. The van der Waals surface area contributed by atoms with Crippen LogP contribution in [0.25, 0.3) is 66.6 Å². The van der Waals surface area contributed by atoms with Crippen LogP contribution in [-0.2, 0) is 10.8 Å². The standard InChI is InChI=1S/C64H39NO/c1-2-19-40(20-3-1)42-21-9-16-34-57(42)65(41-37-38-48-47-26-6-13-30-52(47)63(56(48)39-41)50-28-11-4-22-43(50)44-23-5-12-29-51(44)63)58-35-18-33-55-61(58)60-49-27-10-17-36-59(49)66-62(60)64(55)53-31-14-7-24-45(53)46-25-8-15-32-54(46)64/h1-39H. The third-order valence-electron chi connectivity index (χ3n) is 15.3. The molecule has 2 heteroatoms. The minimum atomic E-state index is -0.654. The summed E-state index contributed by atoms with van der Waals surface area (Å²) in [6, 6.07) is 87.9. The van der Waals surface area contributed by atoms with Gasteiger partial charge in [0.1, 0.15) is 16.8 Å². The van der Waals surface area contributed by atoms with Crippen molar-refractivity contribution in [3.05, 3.63) is 281 Å². The molecule has 306 valence electrons. The van der Waals surface area contributed by atoms with Gasteiger partial charge in [-0.2, -0.15) is 0 Å². The molecule has 10 aromatic carbocycles. The van der Waals surface area contributed by atoms with Crippen molar-refractivity contribution >= 4 is 28.0 Å². The Labute approximate surface area is 383 Å². The summed E-state index contributed by atoms with van der Waals surface area (Å²) in [5.41, 5.74) is 24.5. The lowest BCUT2D eigenvalue weighted by Gasteiger charge is -2.34. The second-order valence-corrected chi connectivity index (χ2v) is 18.2. The quantitative estimate of drug-likeness (QED) is 0.176. The molecule has 0 N–H and O–H groups in total. The van der Waals surface area contributed by atoms with Crippen molar-refractivity contribution in [2.24, 2.45) is 0 Å². The Morgan fingerprint density at radius 3 is 1.36 bits per heavy atom. The van der Waals surface area contributed by atoms with E-state index < -0.39 is 10.8 Å². The van der Waals surface area contributed by atoms with Crippen LogP contribution >= 0.6 is 0 Å². The molecule has 1 aromatic heterocycles. The summed E-state index contributed by atoms with van der Waals surface area (Å²) >= 11 is 0. The van der Waals surface area contributed by atoms with E-state index in [1.807, 2.05) is 0 Å². The van der Waals surface area contributed by atoms with Gasteiger partial charge in [0.15, 0.2) is 0 Å². The molecule has 0 atom stereocenters. The highest BCUT2D eigenvalue weighted by atomic mass is 16.3. The normalized spacial score (nSPS) is 14.3. The number of benzene rings is 10. The van der Waals surface area contributed by atoms with Gasteiger partial charge in [-0.15, -0.1) is 0 Å². The fraction of sp³-hybridized carbons (Fsp3) is 0.0312. The van der Waals surface area contributed by atoms with Crippen LogP contribution in [0.15, 0.2) is 241 Å². The molecule has 15 rings (SSSR count). The molecule has 0 radical (unpaired) electrons. The molecule has 0 bridgehead atoms. The lowest BCUT2D eigenvalue weighted by Crippen LogP contribution is -2.26. The van der Waals surface area contributed by atoms with Crippen molar-refractivity contribution in [2.45, 2.75) is 10.8 Å². The van der Waals surface area contributed by atoms with E-state index in [2.05, 4.69) is 241 Å². The third-order valence-corrected chi connectivity index (χ3v) is 15.3. The first-order valence-electron chi connectivity index (χ1n) is 23.0. The molecule has 0 saturated heterocycles. The topological polar surface area (TPSA) is 16.4 Å². The molecule has 1 heterocycles. The molecule has 0 aliphatic heterocycles. The van der Waals surface area contributed by atoms with Crippen LogP contribution in [-0.4, -0.2) is 0 Å². The Morgan fingerprint density at radius 2 is 0.758 bits per heavy atom. The van der Waals surface area contributed by atoms with Crippen molar-refractivity contribution in [3.63, 3.8) is 0 Å². The van der Waals surface area contributed by atoms with Crippen molar-refractivity contribution in [2.75, 3.05) is 4.90 Å². The molecule has 0 unspecified atom stereocenters. The maximum atomic E-state index is 7.29. The summed E-state index contributed by atoms with van der Waals surface area (Å²) in [4.78, 5) is 2.56. The third kappa shape index (κ3) is 4.32. The van der Waals surface area contributed by atoms with Gasteiger partial charge in [-0.1, -0.05) is 206 Å². The van der Waals surface area contributed by atoms with Crippen LogP contribution in [0.2, 0.25) is 0 Å². The van der Waals surface area contributed by atoms with Crippen LogP contribution in [0.5, 0.6) is 0 Å². The number of para-hydroxylation sites is 2. The molecule has 2 spiro atoms. The highest BCUT2D eigenvalue weighted by Gasteiger charge is 2.56. The summed E-state index contributed by atoms with van der Waals surface area (Å²) in [5.74, 6) is 0.988. The van der Waals surface area contributed by atoms with E-state index in [1.165, 1.54) is 83.5 Å². The second-order valence-electron chi connectivity index (χ2n) is 18.2. The van der Waals surface area contributed by atoms with Gasteiger partial charge in [-0.05, 0) is 108 Å². The van der Waals surface area contributed by atoms with Crippen molar-refractivity contribution < 1.29 is 4.42 Å². The van der Waals surface area contributed by atoms with Crippen LogP contribution in [0.3, 0.4) is 0 Å². The molecule has 66 heavy (non-hydrogen) atoms. The van der Waals surface area contributed by atoms with Gasteiger partial charge in [0.25, 0.3) is 0 Å². The SMILES string of the molecule is c1ccc(-c2ccccc2N(c2ccc3c(c2)C2(c4ccccc4-c4ccccc42)c2ccccc2-3)c2cccc3c2-c2c(oc4ccccc24)C32c3ccccc3-c3ccccc32)cc1. The number of nitrogens with zero attached hydrogens (tertiary/aromatic N) is 1. The first kappa shape index (κ1) is 35.9. The zero-order chi connectivity index (χ0) is 43.1. The predicted molar refractivity (Wildman–Crippen MR) is 269 cm³/mol. The van der Waals surface area contributed by atoms with Gasteiger partial charge < -0.3 is 9.32 Å². The highest BCUT2D eigenvalue weighted by molar-refractivity contribution is 6.10. The Kier molecular flexibility index (Phi) is 7.11. The van der Waals surface area contributed by atoms with E-state index in [-0.39, 0.29) is 0 Å².